The molecule has 1 fully saturated rings. The van der Waals surface area contributed by atoms with Gasteiger partial charge in [-0.25, -0.2) is 17.9 Å². The van der Waals surface area contributed by atoms with Crippen LogP contribution >= 0.6 is 0 Å². The molecule has 0 aromatic heterocycles. The van der Waals surface area contributed by atoms with Crippen LogP contribution in [0.3, 0.4) is 0 Å². The molecule has 1 aromatic rings. The minimum absolute atomic E-state index is 0.0308. The van der Waals surface area contributed by atoms with Crippen molar-refractivity contribution in [1.82, 2.24) is 4.72 Å². The normalized spacial score (nSPS) is 16.4. The monoisotopic (exact) mass is 281 g/mol. The molecule has 1 aliphatic rings. The fourth-order valence-electron chi connectivity index (χ4n) is 1.77. The Bertz CT molecular complexity index is 603. The molecule has 2 N–H and O–H groups in total. The molecule has 1 saturated carbocycles. The molecule has 2 rings (SSSR count). The van der Waals surface area contributed by atoms with E-state index in [0.717, 1.165) is 25.3 Å². The first-order valence-electron chi connectivity index (χ1n) is 6.01. The second kappa shape index (κ2) is 5.54. The molecule has 102 valence electrons. The van der Waals surface area contributed by atoms with Crippen molar-refractivity contribution in [3.63, 3.8) is 0 Å². The van der Waals surface area contributed by atoms with Gasteiger partial charge in [0.2, 0.25) is 10.0 Å². The van der Waals surface area contributed by atoms with Crippen molar-refractivity contribution < 1.29 is 18.3 Å². The third-order valence-corrected chi connectivity index (χ3v) is 4.53. The van der Waals surface area contributed by atoms with Crippen LogP contribution in [0.5, 0.6) is 0 Å². The van der Waals surface area contributed by atoms with Gasteiger partial charge in [-0.3, -0.25) is 0 Å². The van der Waals surface area contributed by atoms with Crippen molar-refractivity contribution >= 4 is 22.1 Å². The molecule has 19 heavy (non-hydrogen) atoms. The molecule has 0 spiro atoms. The number of carboxylic acids is 1. The molecule has 0 bridgehead atoms. The molecule has 0 heterocycles. The van der Waals surface area contributed by atoms with Crippen LogP contribution in [0.4, 0.5) is 0 Å². The van der Waals surface area contributed by atoms with E-state index in [1.807, 2.05) is 0 Å². The summed E-state index contributed by atoms with van der Waals surface area (Å²) in [7, 11) is -3.51. The first-order chi connectivity index (χ1) is 8.97. The van der Waals surface area contributed by atoms with Crippen LogP contribution in [0.15, 0.2) is 35.2 Å². The fraction of sp³-hybridized carbons (Fsp3) is 0.308. The van der Waals surface area contributed by atoms with Crippen molar-refractivity contribution in [2.75, 3.05) is 0 Å². The quantitative estimate of drug-likeness (QED) is 0.803. The zero-order chi connectivity index (χ0) is 13.9. The van der Waals surface area contributed by atoms with Crippen LogP contribution in [0.1, 0.15) is 24.8 Å². The lowest BCUT2D eigenvalue weighted by molar-refractivity contribution is -0.131. The molecular weight excluding hydrogens is 266 g/mol. The van der Waals surface area contributed by atoms with Crippen molar-refractivity contribution in [2.45, 2.75) is 30.2 Å². The van der Waals surface area contributed by atoms with Gasteiger partial charge in [-0.05, 0) is 36.6 Å². The van der Waals surface area contributed by atoms with Crippen molar-refractivity contribution in [1.29, 1.82) is 0 Å². The summed E-state index contributed by atoms with van der Waals surface area (Å²) >= 11 is 0. The lowest BCUT2D eigenvalue weighted by atomic mass is 9.94. The zero-order valence-electron chi connectivity index (χ0n) is 10.2. The first kappa shape index (κ1) is 13.8. The Kier molecular flexibility index (Phi) is 4.01. The summed E-state index contributed by atoms with van der Waals surface area (Å²) in [5.41, 5.74) is 0.541. The van der Waals surface area contributed by atoms with Crippen molar-refractivity contribution in [3.05, 3.63) is 35.9 Å². The first-order valence-corrected chi connectivity index (χ1v) is 7.49. The molecule has 1 aliphatic carbocycles. The predicted molar refractivity (Wildman–Crippen MR) is 71.1 cm³/mol. The van der Waals surface area contributed by atoms with Gasteiger partial charge in [0.05, 0.1) is 4.90 Å². The van der Waals surface area contributed by atoms with E-state index in [0.29, 0.717) is 5.56 Å². The van der Waals surface area contributed by atoms with E-state index in [-0.39, 0.29) is 10.9 Å². The van der Waals surface area contributed by atoms with Gasteiger partial charge in [0, 0.05) is 12.1 Å². The number of sulfonamides is 1. The van der Waals surface area contributed by atoms with Crippen LogP contribution in [0, 0.1) is 0 Å². The molecule has 5 nitrogen and oxygen atoms in total. The van der Waals surface area contributed by atoms with Gasteiger partial charge in [-0.2, -0.15) is 0 Å². The molecule has 0 atom stereocenters. The SMILES string of the molecule is O=C(O)/C=C/c1cccc(S(=O)(=O)NC2CCC2)c1. The standard InChI is InChI=1S/C13H15NO4S/c15-13(16)8-7-10-3-1-6-12(9-10)19(17,18)14-11-4-2-5-11/h1,3,6-9,11,14H,2,4-5H2,(H,15,16)/b8-7+. The van der Waals surface area contributed by atoms with Crippen molar-refractivity contribution in [3.8, 4) is 0 Å². The summed E-state index contributed by atoms with van der Waals surface area (Å²) < 4.78 is 26.8. The lowest BCUT2D eigenvalue weighted by Gasteiger charge is -2.26. The summed E-state index contributed by atoms with van der Waals surface area (Å²) in [4.78, 5) is 10.6. The third-order valence-electron chi connectivity index (χ3n) is 3.01. The second-order valence-corrected chi connectivity index (χ2v) is 6.21. The Morgan fingerprint density at radius 2 is 2.11 bits per heavy atom. The molecule has 0 amide bonds. The van der Waals surface area contributed by atoms with E-state index in [2.05, 4.69) is 4.72 Å². The largest absolute Gasteiger partial charge is 0.478 e. The molecule has 0 aliphatic heterocycles. The number of carboxylic acid groups (broad SMARTS) is 1. The smallest absolute Gasteiger partial charge is 0.328 e. The van der Waals surface area contributed by atoms with E-state index in [1.165, 1.54) is 18.2 Å². The average Bonchev–Trinajstić information content (AvgIpc) is 2.32. The highest BCUT2D eigenvalue weighted by Gasteiger charge is 2.24. The van der Waals surface area contributed by atoms with Crippen LogP contribution in [0.25, 0.3) is 6.08 Å². The molecule has 0 saturated heterocycles. The number of carbonyl (C=O) groups is 1. The van der Waals surface area contributed by atoms with Crippen LogP contribution < -0.4 is 4.72 Å². The van der Waals surface area contributed by atoms with Crippen LogP contribution in [-0.4, -0.2) is 25.5 Å². The van der Waals surface area contributed by atoms with Gasteiger partial charge in [0.25, 0.3) is 0 Å². The van der Waals surface area contributed by atoms with Gasteiger partial charge in [0.1, 0.15) is 0 Å². The van der Waals surface area contributed by atoms with E-state index in [1.54, 1.807) is 12.1 Å². The molecular formula is C13H15NO4S. The molecule has 6 heteroatoms. The molecule has 0 unspecified atom stereocenters. The maximum absolute atomic E-state index is 12.1. The molecule has 1 aromatic carbocycles. The summed E-state index contributed by atoms with van der Waals surface area (Å²) in [6, 6.07) is 6.24. The number of hydrogen-bond donors (Lipinski definition) is 2. The number of aliphatic carboxylic acids is 1. The Balaban J connectivity index is 2.19. The van der Waals surface area contributed by atoms with Gasteiger partial charge < -0.3 is 5.11 Å². The summed E-state index contributed by atoms with van der Waals surface area (Å²) in [5.74, 6) is -1.07. The maximum Gasteiger partial charge on any atom is 0.328 e. The Morgan fingerprint density at radius 1 is 1.37 bits per heavy atom. The van der Waals surface area contributed by atoms with E-state index >= 15 is 0 Å². The Hall–Kier alpha value is -1.66. The minimum atomic E-state index is -3.51. The van der Waals surface area contributed by atoms with E-state index < -0.39 is 16.0 Å². The summed E-state index contributed by atoms with van der Waals surface area (Å²) in [6.07, 6.45) is 5.14. The Morgan fingerprint density at radius 3 is 2.68 bits per heavy atom. The predicted octanol–water partition coefficient (Wildman–Crippen LogP) is 1.62. The molecule has 0 radical (unpaired) electrons. The van der Waals surface area contributed by atoms with Crippen LogP contribution in [-0.2, 0) is 14.8 Å². The maximum atomic E-state index is 12.1. The fourth-order valence-corrected chi connectivity index (χ4v) is 3.13. The zero-order valence-corrected chi connectivity index (χ0v) is 11.1. The number of hydrogen-bond acceptors (Lipinski definition) is 3. The summed E-state index contributed by atoms with van der Waals surface area (Å²) in [5, 5.41) is 8.55. The third kappa shape index (κ3) is 3.65. The van der Waals surface area contributed by atoms with E-state index in [4.69, 9.17) is 5.11 Å². The number of rotatable bonds is 5. The van der Waals surface area contributed by atoms with Gasteiger partial charge in [-0.15, -0.1) is 0 Å². The average molecular weight is 281 g/mol. The van der Waals surface area contributed by atoms with Crippen molar-refractivity contribution in [2.24, 2.45) is 0 Å². The topological polar surface area (TPSA) is 83.5 Å². The van der Waals surface area contributed by atoms with E-state index in [9.17, 15) is 13.2 Å². The number of benzene rings is 1. The van der Waals surface area contributed by atoms with Gasteiger partial charge in [0.15, 0.2) is 0 Å². The summed E-state index contributed by atoms with van der Waals surface area (Å²) in [6.45, 7) is 0. The highest BCUT2D eigenvalue weighted by Crippen LogP contribution is 2.21. The van der Waals surface area contributed by atoms with Gasteiger partial charge in [-0.1, -0.05) is 18.6 Å². The van der Waals surface area contributed by atoms with Crippen LogP contribution in [0.2, 0.25) is 0 Å². The second-order valence-electron chi connectivity index (χ2n) is 4.49. The minimum Gasteiger partial charge on any atom is -0.478 e. The number of nitrogens with one attached hydrogen (secondary N) is 1. The Labute approximate surface area is 112 Å². The highest BCUT2D eigenvalue weighted by atomic mass is 32.2. The highest BCUT2D eigenvalue weighted by molar-refractivity contribution is 7.89. The lowest BCUT2D eigenvalue weighted by Crippen LogP contribution is -2.39. The van der Waals surface area contributed by atoms with Gasteiger partial charge >= 0.3 is 5.97 Å².